The average Bonchev–Trinajstić information content (AvgIpc) is 2.55. The van der Waals surface area contributed by atoms with Gasteiger partial charge in [0.05, 0.1) is 11.3 Å². The van der Waals surface area contributed by atoms with E-state index in [2.05, 4.69) is 5.32 Å². The van der Waals surface area contributed by atoms with Gasteiger partial charge < -0.3 is 10.4 Å². The van der Waals surface area contributed by atoms with Gasteiger partial charge in [-0.05, 0) is 42.2 Å². The minimum atomic E-state index is -3.48. The highest BCUT2D eigenvalue weighted by Gasteiger charge is 2.25. The summed E-state index contributed by atoms with van der Waals surface area (Å²) in [5, 5.41) is 12.0. The number of hydrogen-bond acceptors (Lipinski definition) is 4. The molecule has 0 fully saturated rings. The third-order valence-corrected chi connectivity index (χ3v) is 5.43. The Labute approximate surface area is 152 Å². The smallest absolute Gasteiger partial charge is 0.330 e. The van der Waals surface area contributed by atoms with Gasteiger partial charge in [-0.2, -0.15) is 0 Å². The van der Waals surface area contributed by atoms with Gasteiger partial charge in [0.15, 0.2) is 15.9 Å². The summed E-state index contributed by atoms with van der Waals surface area (Å²) in [5.74, 6) is -1.74. The van der Waals surface area contributed by atoms with Crippen molar-refractivity contribution < 1.29 is 23.1 Å². The van der Waals surface area contributed by atoms with Crippen LogP contribution in [0.3, 0.4) is 0 Å². The van der Waals surface area contributed by atoms with Gasteiger partial charge in [0, 0.05) is 6.26 Å². The van der Waals surface area contributed by atoms with Crippen LogP contribution in [0.5, 0.6) is 0 Å². The number of hydrogen-bond donors (Lipinski definition) is 2. The first kappa shape index (κ1) is 19.7. The van der Waals surface area contributed by atoms with Crippen LogP contribution in [0.4, 0.5) is 0 Å². The lowest BCUT2D eigenvalue weighted by Crippen LogP contribution is -2.35. The molecule has 0 spiro atoms. The number of aryl methyl sites for hydroxylation is 1. The van der Waals surface area contributed by atoms with Gasteiger partial charge in [0.1, 0.15) is 0 Å². The van der Waals surface area contributed by atoms with Gasteiger partial charge in [0.2, 0.25) is 5.91 Å². The number of carbonyl (C=O) groups excluding carboxylic acids is 1. The molecule has 0 saturated heterocycles. The maximum absolute atomic E-state index is 12.4. The molecule has 0 saturated carbocycles. The molecule has 0 aromatic heterocycles. The Kier molecular flexibility index (Phi) is 5.82. The molecule has 1 amide bonds. The predicted molar refractivity (Wildman–Crippen MR) is 97.7 cm³/mol. The summed E-state index contributed by atoms with van der Waals surface area (Å²) in [5.41, 5.74) is 2.54. The van der Waals surface area contributed by atoms with Crippen LogP contribution in [-0.2, 0) is 25.8 Å². The standard InChI is InChI=1S/C19H21NO5S/c1-12-7-6-9-15(13(12)2)18(19(22)23)20-17(21)11-14-8-4-5-10-16(14)26(3,24)25/h4-10,18H,11H2,1-3H3,(H,20,21)(H,22,23). The van der Waals surface area contributed by atoms with E-state index in [1.165, 1.54) is 6.07 Å². The van der Waals surface area contributed by atoms with E-state index in [0.29, 0.717) is 11.1 Å². The second-order valence-corrected chi connectivity index (χ2v) is 8.17. The Morgan fingerprint density at radius 1 is 1.08 bits per heavy atom. The van der Waals surface area contributed by atoms with Crippen molar-refractivity contribution >= 4 is 21.7 Å². The van der Waals surface area contributed by atoms with Gasteiger partial charge in [-0.15, -0.1) is 0 Å². The van der Waals surface area contributed by atoms with E-state index < -0.39 is 27.8 Å². The lowest BCUT2D eigenvalue weighted by Gasteiger charge is -2.18. The van der Waals surface area contributed by atoms with Crippen molar-refractivity contribution in [3.8, 4) is 0 Å². The largest absolute Gasteiger partial charge is 0.479 e. The predicted octanol–water partition coefficient (Wildman–Crippen LogP) is 2.19. The quantitative estimate of drug-likeness (QED) is 0.806. The monoisotopic (exact) mass is 375 g/mol. The molecule has 2 aromatic carbocycles. The fraction of sp³-hybridized carbons (Fsp3) is 0.263. The Morgan fingerprint density at radius 2 is 1.73 bits per heavy atom. The molecule has 6 nitrogen and oxygen atoms in total. The number of amides is 1. The lowest BCUT2D eigenvalue weighted by molar-refractivity contribution is -0.142. The summed E-state index contributed by atoms with van der Waals surface area (Å²) in [6.45, 7) is 3.66. The summed E-state index contributed by atoms with van der Waals surface area (Å²) >= 11 is 0. The van der Waals surface area contributed by atoms with Crippen LogP contribution in [0.25, 0.3) is 0 Å². The Morgan fingerprint density at radius 3 is 2.35 bits per heavy atom. The number of aliphatic carboxylic acids is 1. The molecule has 0 radical (unpaired) electrons. The van der Waals surface area contributed by atoms with Crippen LogP contribution in [-0.4, -0.2) is 31.7 Å². The zero-order valence-electron chi connectivity index (χ0n) is 14.8. The van der Waals surface area contributed by atoms with Crippen LogP contribution in [0.2, 0.25) is 0 Å². The van der Waals surface area contributed by atoms with Crippen LogP contribution in [0, 0.1) is 13.8 Å². The molecule has 0 aliphatic heterocycles. The SMILES string of the molecule is Cc1cccc(C(NC(=O)Cc2ccccc2S(C)(=O)=O)C(=O)O)c1C. The van der Waals surface area contributed by atoms with Gasteiger partial charge in [-0.25, -0.2) is 13.2 Å². The molecule has 0 aliphatic carbocycles. The first-order valence-corrected chi connectivity index (χ1v) is 9.86. The second-order valence-electron chi connectivity index (χ2n) is 6.18. The number of benzene rings is 2. The van der Waals surface area contributed by atoms with Crippen LogP contribution in [0.15, 0.2) is 47.4 Å². The summed E-state index contributed by atoms with van der Waals surface area (Å²) in [7, 11) is -3.48. The van der Waals surface area contributed by atoms with E-state index in [-0.39, 0.29) is 11.3 Å². The normalized spacial score (nSPS) is 12.4. The highest BCUT2D eigenvalue weighted by atomic mass is 32.2. The highest BCUT2D eigenvalue weighted by Crippen LogP contribution is 2.22. The van der Waals surface area contributed by atoms with Crippen molar-refractivity contribution in [2.45, 2.75) is 31.2 Å². The topological polar surface area (TPSA) is 101 Å². The molecule has 2 rings (SSSR count). The van der Waals surface area contributed by atoms with Crippen LogP contribution >= 0.6 is 0 Å². The third-order valence-electron chi connectivity index (χ3n) is 4.23. The molecule has 138 valence electrons. The molecule has 7 heteroatoms. The molecule has 0 aliphatic rings. The summed E-state index contributed by atoms with van der Waals surface area (Å²) in [6.07, 6.45) is 0.845. The van der Waals surface area contributed by atoms with Crippen molar-refractivity contribution in [3.05, 3.63) is 64.7 Å². The molecule has 2 N–H and O–H groups in total. The van der Waals surface area contributed by atoms with Crippen molar-refractivity contribution in [1.29, 1.82) is 0 Å². The molecule has 0 bridgehead atoms. The third kappa shape index (κ3) is 4.49. The fourth-order valence-corrected chi connectivity index (χ4v) is 3.70. The molecule has 2 aromatic rings. The maximum atomic E-state index is 12.4. The van der Waals surface area contributed by atoms with Gasteiger partial charge in [-0.3, -0.25) is 4.79 Å². The van der Waals surface area contributed by atoms with E-state index in [4.69, 9.17) is 0 Å². The maximum Gasteiger partial charge on any atom is 0.330 e. The highest BCUT2D eigenvalue weighted by molar-refractivity contribution is 7.90. The van der Waals surface area contributed by atoms with E-state index in [9.17, 15) is 23.1 Å². The number of nitrogens with one attached hydrogen (secondary N) is 1. The summed E-state index contributed by atoms with van der Waals surface area (Å²) in [4.78, 5) is 24.1. The van der Waals surface area contributed by atoms with Crippen molar-refractivity contribution in [2.75, 3.05) is 6.26 Å². The van der Waals surface area contributed by atoms with E-state index in [1.54, 1.807) is 37.3 Å². The molecular formula is C19H21NO5S. The number of carboxylic acid groups (broad SMARTS) is 1. The van der Waals surface area contributed by atoms with E-state index >= 15 is 0 Å². The van der Waals surface area contributed by atoms with Crippen molar-refractivity contribution in [1.82, 2.24) is 5.32 Å². The van der Waals surface area contributed by atoms with Crippen molar-refractivity contribution in [2.24, 2.45) is 0 Å². The van der Waals surface area contributed by atoms with Gasteiger partial charge in [-0.1, -0.05) is 36.4 Å². The Bertz CT molecular complexity index is 950. The fourth-order valence-electron chi connectivity index (χ4n) is 2.76. The molecule has 0 heterocycles. The molecule has 1 atom stereocenters. The van der Waals surface area contributed by atoms with Crippen LogP contribution < -0.4 is 5.32 Å². The molecule has 26 heavy (non-hydrogen) atoms. The van der Waals surface area contributed by atoms with E-state index in [1.807, 2.05) is 13.0 Å². The summed E-state index contributed by atoms with van der Waals surface area (Å²) in [6, 6.07) is 10.2. The Balaban J connectivity index is 2.28. The number of carboxylic acids is 1. The van der Waals surface area contributed by atoms with E-state index in [0.717, 1.165) is 17.4 Å². The van der Waals surface area contributed by atoms with Gasteiger partial charge >= 0.3 is 5.97 Å². The van der Waals surface area contributed by atoms with Gasteiger partial charge in [0.25, 0.3) is 0 Å². The second kappa shape index (κ2) is 7.70. The Hall–Kier alpha value is -2.67. The molecule has 1 unspecified atom stereocenters. The number of carbonyl (C=O) groups is 2. The van der Waals surface area contributed by atoms with Crippen LogP contribution in [0.1, 0.15) is 28.3 Å². The lowest BCUT2D eigenvalue weighted by atomic mass is 9.97. The first-order valence-electron chi connectivity index (χ1n) is 7.97. The summed E-state index contributed by atoms with van der Waals surface area (Å²) < 4.78 is 23.7. The minimum absolute atomic E-state index is 0.0637. The molecular weight excluding hydrogens is 354 g/mol. The first-order chi connectivity index (χ1) is 12.1. The van der Waals surface area contributed by atoms with Crippen molar-refractivity contribution in [3.63, 3.8) is 0 Å². The minimum Gasteiger partial charge on any atom is -0.479 e. The average molecular weight is 375 g/mol. The zero-order valence-corrected chi connectivity index (χ0v) is 15.6. The zero-order chi connectivity index (χ0) is 19.5. The number of sulfone groups is 1. The number of rotatable bonds is 6.